The zero-order valence-electron chi connectivity index (χ0n) is 18.9. The monoisotopic (exact) mass is 567 g/mol. The van der Waals surface area contributed by atoms with E-state index in [1.54, 1.807) is 13.8 Å². The van der Waals surface area contributed by atoms with E-state index in [2.05, 4.69) is 18.6 Å². The number of carbonyl (C=O) groups is 4. The van der Waals surface area contributed by atoms with Gasteiger partial charge in [-0.3, -0.25) is 9.59 Å². The Labute approximate surface area is 222 Å². The van der Waals surface area contributed by atoms with Crippen molar-refractivity contribution < 1.29 is 55.0 Å². The molecule has 2 rings (SSSR count). The topological polar surface area (TPSA) is 193 Å². The molecule has 1 aromatic rings. The van der Waals surface area contributed by atoms with Gasteiger partial charge in [0.15, 0.2) is 0 Å². The van der Waals surface area contributed by atoms with E-state index < -0.39 is 35.8 Å². The summed E-state index contributed by atoms with van der Waals surface area (Å²) < 4.78 is 24.6. The molecule has 2 amide bonds. The van der Waals surface area contributed by atoms with Crippen molar-refractivity contribution in [3.8, 4) is 0 Å². The number of thioether (sulfide) groups is 2. The van der Waals surface area contributed by atoms with Crippen molar-refractivity contribution in [3.63, 3.8) is 0 Å². The molecule has 192 valence electrons. The summed E-state index contributed by atoms with van der Waals surface area (Å²) in [7, 11) is 0. The Balaban J connectivity index is -0.000000873. The van der Waals surface area contributed by atoms with Crippen molar-refractivity contribution in [3.05, 3.63) is 58.8 Å². The third-order valence-corrected chi connectivity index (χ3v) is 5.86. The van der Waals surface area contributed by atoms with E-state index >= 15 is 0 Å². The summed E-state index contributed by atoms with van der Waals surface area (Å²) in [5.41, 5.74) is 11.3. The van der Waals surface area contributed by atoms with Crippen LogP contribution in [0, 0.1) is 13.3 Å². The molecule has 1 aromatic carbocycles. The number of ether oxygens (including phenoxy) is 2. The van der Waals surface area contributed by atoms with Gasteiger partial charge in [0, 0.05) is 21.3 Å². The van der Waals surface area contributed by atoms with Crippen LogP contribution < -0.4 is 11.5 Å². The molecule has 2 unspecified atom stereocenters. The van der Waals surface area contributed by atoms with Gasteiger partial charge in [0.05, 0.1) is 25.0 Å². The number of carbonyl (C=O) groups excluding carboxylic acids is 4. The molecule has 1 aliphatic rings. The second-order valence-corrected chi connectivity index (χ2v) is 7.74. The molecule has 11 nitrogen and oxygen atoms in total. The van der Waals surface area contributed by atoms with Gasteiger partial charge in [0.2, 0.25) is 0 Å². The van der Waals surface area contributed by atoms with Crippen molar-refractivity contribution in [2.75, 3.05) is 24.7 Å². The standard InChI is InChI=1S/C14H21N3O6S2.C5H5.2CO.Fe/c1-3-22-13(20)7(15)5-24-9-10(12(19)17-11(9)18)25-6-8(16)14(21)23-4-2;1-2-4-5-3-1;2*1-2;/h7-8H,3-6,15-16H2,1-2H3,(H,17,18,19);1-5H;;;/q;-1;;;+2/p-1. The number of hydrogen-bond acceptors (Lipinski definition) is 10. The minimum Gasteiger partial charge on any atom is -0.214 e. The third kappa shape index (κ3) is 15.4. The van der Waals surface area contributed by atoms with E-state index in [1.807, 2.05) is 30.3 Å². The van der Waals surface area contributed by atoms with Crippen LogP contribution in [-0.2, 0) is 55.0 Å². The van der Waals surface area contributed by atoms with E-state index in [9.17, 15) is 19.2 Å². The molecule has 1 aliphatic heterocycles. The van der Waals surface area contributed by atoms with Crippen molar-refractivity contribution >= 4 is 47.3 Å². The Morgan fingerprint density at radius 3 is 1.51 bits per heavy atom. The van der Waals surface area contributed by atoms with Crippen LogP contribution in [0.1, 0.15) is 13.8 Å². The van der Waals surface area contributed by atoms with Crippen molar-refractivity contribution in [1.82, 2.24) is 0 Å². The second kappa shape index (κ2) is 23.5. The molecular formula is C21H25FeN3O8S2. The Bertz CT molecular complexity index is 773. The maximum absolute atomic E-state index is 11.8. The SMILES string of the molecule is CCOC(=O)C(N)CSC1=C(SCC(N)C(=O)OCC)C(=O)[N-]C1=O.[C-]#[O+].[C-]#[O+].[Fe+2].c1cc[cH-]c1. The van der Waals surface area contributed by atoms with E-state index in [4.69, 9.17) is 30.2 Å². The second-order valence-electron chi connectivity index (χ2n) is 5.68. The van der Waals surface area contributed by atoms with Crippen LogP contribution in [0.2, 0.25) is 0 Å². The maximum Gasteiger partial charge on any atom is 2.00 e. The number of imide groups is 1. The van der Waals surface area contributed by atoms with Gasteiger partial charge in [-0.1, -0.05) is 0 Å². The quantitative estimate of drug-likeness (QED) is 0.137. The number of rotatable bonds is 10. The van der Waals surface area contributed by atoms with Gasteiger partial charge in [-0.05, 0) is 13.8 Å². The minimum atomic E-state index is -0.936. The van der Waals surface area contributed by atoms with Crippen LogP contribution in [0.3, 0.4) is 0 Å². The summed E-state index contributed by atoms with van der Waals surface area (Å²) >= 11 is 1.90. The van der Waals surface area contributed by atoms with Gasteiger partial charge < -0.3 is 35.8 Å². The first-order valence-electron chi connectivity index (χ1n) is 9.53. The molecule has 0 saturated heterocycles. The van der Waals surface area contributed by atoms with E-state index in [1.165, 1.54) is 0 Å². The van der Waals surface area contributed by atoms with Gasteiger partial charge in [0.1, 0.15) is 12.1 Å². The van der Waals surface area contributed by atoms with Crippen LogP contribution in [0.5, 0.6) is 0 Å². The molecule has 4 N–H and O–H groups in total. The largest absolute Gasteiger partial charge is 2.00 e. The molecule has 35 heavy (non-hydrogen) atoms. The fraction of sp³-hybridized carbons (Fsp3) is 0.381. The number of nitrogens with two attached hydrogens (primary N) is 2. The van der Waals surface area contributed by atoms with Crippen LogP contribution in [0.4, 0.5) is 0 Å². The molecule has 0 radical (unpaired) electrons. The molecule has 1 heterocycles. The molecule has 2 atom stereocenters. The molecule has 0 aromatic heterocycles. The van der Waals surface area contributed by atoms with Crippen LogP contribution >= 0.6 is 23.5 Å². The summed E-state index contributed by atoms with van der Waals surface area (Å²) in [4.78, 5) is 46.8. The number of esters is 2. The van der Waals surface area contributed by atoms with Gasteiger partial charge in [0.25, 0.3) is 0 Å². The Morgan fingerprint density at radius 2 is 1.26 bits per heavy atom. The maximum atomic E-state index is 11.8. The fourth-order valence-corrected chi connectivity index (χ4v) is 4.04. The van der Waals surface area contributed by atoms with E-state index in [0.717, 1.165) is 23.5 Å². The first kappa shape index (κ1) is 37.3. The van der Waals surface area contributed by atoms with Crippen LogP contribution in [0.25, 0.3) is 5.32 Å². The average Bonchev–Trinajstić information content (AvgIpc) is 3.51. The first-order chi connectivity index (χ1) is 16.3. The zero-order valence-corrected chi connectivity index (χ0v) is 21.6. The zero-order chi connectivity index (χ0) is 26.5. The van der Waals surface area contributed by atoms with Gasteiger partial charge in [-0.25, -0.2) is 12.1 Å². The predicted molar refractivity (Wildman–Crippen MR) is 124 cm³/mol. The summed E-state index contributed by atoms with van der Waals surface area (Å²) in [6.07, 6.45) is 0. The van der Waals surface area contributed by atoms with E-state index in [-0.39, 0.29) is 51.6 Å². The average molecular weight is 567 g/mol. The molecule has 0 aliphatic carbocycles. The normalized spacial score (nSPS) is 13.0. The van der Waals surface area contributed by atoms with Gasteiger partial charge in [-0.2, -0.15) is 18.2 Å². The van der Waals surface area contributed by atoms with Gasteiger partial charge >= 0.3 is 51.6 Å². The Hall–Kier alpha value is -2.21. The molecule has 0 bridgehead atoms. The summed E-state index contributed by atoms with van der Waals surface area (Å²) in [5, 5.41) is 3.36. The first-order valence-corrected chi connectivity index (χ1v) is 11.5. The number of amides is 2. The predicted octanol–water partition coefficient (Wildman–Crippen LogP) is 1.21. The van der Waals surface area contributed by atoms with Gasteiger partial charge in [-0.15, -0.1) is 23.5 Å². The molecular weight excluding hydrogens is 542 g/mol. The Morgan fingerprint density at radius 1 is 0.914 bits per heavy atom. The molecule has 0 saturated carbocycles. The fourth-order valence-electron chi connectivity index (χ4n) is 1.94. The number of hydrogen-bond donors (Lipinski definition) is 2. The molecule has 0 spiro atoms. The van der Waals surface area contributed by atoms with Crippen LogP contribution in [0.15, 0.2) is 40.1 Å². The van der Waals surface area contributed by atoms with Crippen molar-refractivity contribution in [2.45, 2.75) is 25.9 Å². The van der Waals surface area contributed by atoms with Crippen molar-refractivity contribution in [2.24, 2.45) is 11.5 Å². The smallest absolute Gasteiger partial charge is 0.214 e. The summed E-state index contributed by atoms with van der Waals surface area (Å²) in [6, 6.07) is 8.13. The summed E-state index contributed by atoms with van der Waals surface area (Å²) in [6.45, 7) is 12.7. The third-order valence-electron chi connectivity index (χ3n) is 3.35. The molecule has 0 fully saturated rings. The molecule has 14 heteroatoms. The van der Waals surface area contributed by atoms with Crippen molar-refractivity contribution in [1.29, 1.82) is 0 Å². The summed E-state index contributed by atoms with van der Waals surface area (Å²) in [5.74, 6) is -2.48. The van der Waals surface area contributed by atoms with Crippen LogP contribution in [-0.4, -0.2) is 60.6 Å². The minimum absolute atomic E-state index is 0. The van der Waals surface area contributed by atoms with E-state index in [0.29, 0.717) is 0 Å². The number of nitrogens with zero attached hydrogens (tertiary/aromatic N) is 1. The Kier molecular flexibility index (Phi) is 25.1.